The summed E-state index contributed by atoms with van der Waals surface area (Å²) in [4.78, 5) is 25.8. The van der Waals surface area contributed by atoms with Crippen molar-refractivity contribution in [3.05, 3.63) is 0 Å². The molecule has 2 fully saturated rings. The molecule has 2 aliphatic rings. The topological polar surface area (TPSA) is 66.8 Å². The number of carbonyl (C=O) groups excluding carboxylic acids is 1. The van der Waals surface area contributed by atoms with Crippen LogP contribution in [-0.2, 0) is 9.53 Å². The SMILES string of the molecule is CC(C)(C)OC(=O)N1CC2(CCCCCC2(C)C)CC1C(=O)O. The van der Waals surface area contributed by atoms with Crippen LogP contribution in [0.3, 0.4) is 0 Å². The Hall–Kier alpha value is -1.26. The van der Waals surface area contributed by atoms with Crippen LogP contribution in [0.25, 0.3) is 0 Å². The van der Waals surface area contributed by atoms with Crippen molar-refractivity contribution in [2.45, 2.75) is 84.8 Å². The molecule has 5 nitrogen and oxygen atoms in total. The molecule has 0 radical (unpaired) electrons. The van der Waals surface area contributed by atoms with E-state index < -0.39 is 23.7 Å². The maximum absolute atomic E-state index is 12.5. The molecular weight excluding hydrogens is 294 g/mol. The van der Waals surface area contributed by atoms with Gasteiger partial charge in [-0.3, -0.25) is 4.90 Å². The number of hydrogen-bond donors (Lipinski definition) is 1. The first-order valence-corrected chi connectivity index (χ1v) is 8.70. The third-order valence-corrected chi connectivity index (χ3v) is 5.74. The summed E-state index contributed by atoms with van der Waals surface area (Å²) in [6.45, 7) is 10.4. The van der Waals surface area contributed by atoms with Crippen LogP contribution in [-0.4, -0.2) is 40.3 Å². The van der Waals surface area contributed by atoms with Gasteiger partial charge in [0, 0.05) is 6.54 Å². The number of rotatable bonds is 1. The Morgan fingerprint density at radius 1 is 1.13 bits per heavy atom. The number of amides is 1. The van der Waals surface area contributed by atoms with E-state index in [9.17, 15) is 14.7 Å². The summed E-state index contributed by atoms with van der Waals surface area (Å²) < 4.78 is 5.46. The van der Waals surface area contributed by atoms with Gasteiger partial charge in [-0.25, -0.2) is 9.59 Å². The van der Waals surface area contributed by atoms with E-state index >= 15 is 0 Å². The predicted molar refractivity (Wildman–Crippen MR) is 88.3 cm³/mol. The second-order valence-corrected chi connectivity index (χ2v) is 8.89. The van der Waals surface area contributed by atoms with Gasteiger partial charge in [0.15, 0.2) is 0 Å². The molecule has 0 aromatic carbocycles. The standard InChI is InChI=1S/C18H31NO4/c1-16(2,3)23-15(22)19-12-18(11-13(19)14(20)21)10-8-6-7-9-17(18,4)5/h13H,6-12H2,1-5H3,(H,20,21). The quantitative estimate of drug-likeness (QED) is 0.789. The van der Waals surface area contributed by atoms with Gasteiger partial charge in [0.05, 0.1) is 0 Å². The molecule has 1 aliphatic heterocycles. The molecule has 2 atom stereocenters. The summed E-state index contributed by atoms with van der Waals surface area (Å²) in [5.41, 5.74) is -0.702. The highest BCUT2D eigenvalue weighted by molar-refractivity contribution is 5.81. The zero-order valence-corrected chi connectivity index (χ0v) is 15.1. The highest BCUT2D eigenvalue weighted by Gasteiger charge is 2.56. The van der Waals surface area contributed by atoms with Gasteiger partial charge in [-0.2, -0.15) is 0 Å². The fourth-order valence-electron chi connectivity index (χ4n) is 4.20. The van der Waals surface area contributed by atoms with Gasteiger partial charge in [0.1, 0.15) is 11.6 Å². The molecule has 1 saturated carbocycles. The predicted octanol–water partition coefficient (Wildman–Crippen LogP) is 4.06. The normalized spacial score (nSPS) is 31.0. The number of likely N-dealkylation sites (tertiary alicyclic amines) is 1. The zero-order chi connectivity index (χ0) is 17.5. The minimum absolute atomic E-state index is 0.0357. The van der Waals surface area contributed by atoms with Crippen molar-refractivity contribution in [3.63, 3.8) is 0 Å². The molecule has 23 heavy (non-hydrogen) atoms. The molecule has 2 rings (SSSR count). The van der Waals surface area contributed by atoms with Gasteiger partial charge in [-0.1, -0.05) is 33.1 Å². The van der Waals surface area contributed by atoms with Crippen molar-refractivity contribution < 1.29 is 19.4 Å². The average molecular weight is 325 g/mol. The largest absolute Gasteiger partial charge is 0.480 e. The number of hydrogen-bond acceptors (Lipinski definition) is 3. The molecule has 0 aromatic rings. The smallest absolute Gasteiger partial charge is 0.411 e. The highest BCUT2D eigenvalue weighted by atomic mass is 16.6. The minimum atomic E-state index is -0.923. The average Bonchev–Trinajstić information content (AvgIpc) is 2.71. The molecule has 1 heterocycles. The molecule has 132 valence electrons. The monoisotopic (exact) mass is 325 g/mol. The molecule has 1 saturated heterocycles. The second-order valence-electron chi connectivity index (χ2n) is 8.89. The Balaban J connectivity index is 2.29. The second kappa shape index (κ2) is 5.99. The molecule has 2 unspecified atom stereocenters. The van der Waals surface area contributed by atoms with Gasteiger partial charge >= 0.3 is 12.1 Å². The van der Waals surface area contributed by atoms with Crippen LogP contribution in [0, 0.1) is 10.8 Å². The number of carbonyl (C=O) groups is 2. The third-order valence-electron chi connectivity index (χ3n) is 5.74. The lowest BCUT2D eigenvalue weighted by atomic mass is 9.61. The van der Waals surface area contributed by atoms with E-state index in [0.717, 1.165) is 19.3 Å². The van der Waals surface area contributed by atoms with Crippen LogP contribution in [0.2, 0.25) is 0 Å². The summed E-state index contributed by atoms with van der Waals surface area (Å²) in [5.74, 6) is -0.923. The van der Waals surface area contributed by atoms with Crippen LogP contribution >= 0.6 is 0 Å². The third kappa shape index (κ3) is 3.64. The van der Waals surface area contributed by atoms with Gasteiger partial charge in [-0.15, -0.1) is 0 Å². The van der Waals surface area contributed by atoms with Crippen LogP contribution < -0.4 is 0 Å². The summed E-state index contributed by atoms with van der Waals surface area (Å²) in [7, 11) is 0. The van der Waals surface area contributed by atoms with E-state index in [0.29, 0.717) is 13.0 Å². The number of ether oxygens (including phenoxy) is 1. The van der Waals surface area contributed by atoms with Crippen LogP contribution in [0.1, 0.15) is 73.1 Å². The van der Waals surface area contributed by atoms with Crippen LogP contribution in [0.15, 0.2) is 0 Å². The Morgan fingerprint density at radius 2 is 1.74 bits per heavy atom. The van der Waals surface area contributed by atoms with Crippen LogP contribution in [0.5, 0.6) is 0 Å². The lowest BCUT2D eigenvalue weighted by molar-refractivity contribution is -0.142. The lowest BCUT2D eigenvalue weighted by Gasteiger charge is -2.43. The molecular formula is C18H31NO4. The Bertz CT molecular complexity index is 480. The van der Waals surface area contributed by atoms with Crippen molar-refractivity contribution in [2.24, 2.45) is 10.8 Å². The van der Waals surface area contributed by atoms with E-state index in [1.54, 1.807) is 0 Å². The Morgan fingerprint density at radius 3 is 2.30 bits per heavy atom. The van der Waals surface area contributed by atoms with Gasteiger partial charge in [0.25, 0.3) is 0 Å². The molecule has 0 aromatic heterocycles. The highest BCUT2D eigenvalue weighted by Crippen LogP contribution is 2.55. The first kappa shape index (κ1) is 18.1. The van der Waals surface area contributed by atoms with E-state index in [2.05, 4.69) is 13.8 Å². The van der Waals surface area contributed by atoms with E-state index in [1.807, 2.05) is 20.8 Å². The van der Waals surface area contributed by atoms with Crippen molar-refractivity contribution >= 4 is 12.1 Å². The minimum Gasteiger partial charge on any atom is -0.480 e. The molecule has 1 N–H and O–H groups in total. The van der Waals surface area contributed by atoms with Crippen molar-refractivity contribution in [1.29, 1.82) is 0 Å². The Kier molecular flexibility index (Phi) is 4.71. The fourth-order valence-corrected chi connectivity index (χ4v) is 4.20. The molecule has 0 bridgehead atoms. The molecule has 1 spiro atoms. The molecule has 1 aliphatic carbocycles. The number of aliphatic carboxylic acids is 1. The van der Waals surface area contributed by atoms with E-state index in [1.165, 1.54) is 17.7 Å². The maximum Gasteiger partial charge on any atom is 0.411 e. The number of carboxylic acids is 1. The van der Waals surface area contributed by atoms with E-state index in [-0.39, 0.29) is 10.8 Å². The van der Waals surface area contributed by atoms with Gasteiger partial charge < -0.3 is 9.84 Å². The van der Waals surface area contributed by atoms with Crippen molar-refractivity contribution in [2.75, 3.05) is 6.54 Å². The van der Waals surface area contributed by atoms with E-state index in [4.69, 9.17) is 4.74 Å². The lowest BCUT2D eigenvalue weighted by Crippen LogP contribution is -2.44. The van der Waals surface area contributed by atoms with Gasteiger partial charge in [-0.05, 0) is 50.9 Å². The molecule has 5 heteroatoms. The summed E-state index contributed by atoms with van der Waals surface area (Å²) >= 11 is 0. The van der Waals surface area contributed by atoms with Crippen molar-refractivity contribution in [3.8, 4) is 0 Å². The van der Waals surface area contributed by atoms with Crippen LogP contribution in [0.4, 0.5) is 4.79 Å². The molecule has 1 amide bonds. The fraction of sp³-hybridized carbons (Fsp3) is 0.889. The van der Waals surface area contributed by atoms with Gasteiger partial charge in [0.2, 0.25) is 0 Å². The summed E-state index contributed by atoms with van der Waals surface area (Å²) in [6, 6.07) is -0.776. The number of carboxylic acid groups (broad SMARTS) is 1. The zero-order valence-electron chi connectivity index (χ0n) is 15.1. The first-order chi connectivity index (χ1) is 10.5. The summed E-state index contributed by atoms with van der Waals surface area (Å²) in [5, 5.41) is 9.64. The number of nitrogens with zero attached hydrogens (tertiary/aromatic N) is 1. The summed E-state index contributed by atoms with van der Waals surface area (Å²) in [6.07, 6.45) is 5.59. The Labute approximate surface area is 139 Å². The van der Waals surface area contributed by atoms with Crippen molar-refractivity contribution in [1.82, 2.24) is 4.90 Å². The maximum atomic E-state index is 12.5. The first-order valence-electron chi connectivity index (χ1n) is 8.70.